The maximum atomic E-state index is 11.9. The molecular weight excluding hydrogens is 208 g/mol. The molecule has 0 fully saturated rings. The fourth-order valence-electron chi connectivity index (χ4n) is 2.69. The summed E-state index contributed by atoms with van der Waals surface area (Å²) in [5, 5.41) is 2.33. The van der Waals surface area contributed by atoms with Crippen molar-refractivity contribution in [1.82, 2.24) is 0 Å². The summed E-state index contributed by atoms with van der Waals surface area (Å²) in [5.41, 5.74) is 5.77. The first kappa shape index (κ1) is 11.8. The first-order valence-electron chi connectivity index (χ1n) is 5.95. The van der Waals surface area contributed by atoms with E-state index in [4.69, 9.17) is 0 Å². The molecule has 0 bridgehead atoms. The van der Waals surface area contributed by atoms with Crippen molar-refractivity contribution >= 4 is 16.6 Å². The van der Waals surface area contributed by atoms with E-state index in [0.29, 0.717) is 0 Å². The van der Waals surface area contributed by atoms with Crippen molar-refractivity contribution in [3.8, 4) is 0 Å². The Morgan fingerprint density at radius 3 is 2.18 bits per heavy atom. The fraction of sp³-hybridized carbons (Fsp3) is 0.312. The van der Waals surface area contributed by atoms with Crippen LogP contribution >= 0.6 is 0 Å². The van der Waals surface area contributed by atoms with E-state index in [1.54, 1.807) is 6.92 Å². The van der Waals surface area contributed by atoms with Crippen LogP contribution in [0.1, 0.15) is 39.5 Å². The van der Waals surface area contributed by atoms with Gasteiger partial charge in [0.15, 0.2) is 5.78 Å². The number of ketones is 1. The predicted molar refractivity (Wildman–Crippen MR) is 72.9 cm³/mol. The van der Waals surface area contributed by atoms with E-state index in [1.165, 1.54) is 22.1 Å². The molecule has 0 saturated heterocycles. The summed E-state index contributed by atoms with van der Waals surface area (Å²) in [6, 6.07) is 6.19. The van der Waals surface area contributed by atoms with Crippen LogP contribution in [0, 0.1) is 27.7 Å². The minimum Gasteiger partial charge on any atom is -0.294 e. The third-order valence-electron chi connectivity index (χ3n) is 3.77. The van der Waals surface area contributed by atoms with Gasteiger partial charge in [0.2, 0.25) is 0 Å². The Morgan fingerprint density at radius 1 is 0.941 bits per heavy atom. The van der Waals surface area contributed by atoms with E-state index in [2.05, 4.69) is 32.9 Å². The summed E-state index contributed by atoms with van der Waals surface area (Å²) in [6.07, 6.45) is 0. The number of benzene rings is 2. The number of carbonyl (C=O) groups excluding carboxylic acids is 1. The van der Waals surface area contributed by atoms with Crippen LogP contribution < -0.4 is 0 Å². The zero-order chi connectivity index (χ0) is 12.7. The van der Waals surface area contributed by atoms with Gasteiger partial charge >= 0.3 is 0 Å². The minimum atomic E-state index is 0.154. The van der Waals surface area contributed by atoms with E-state index < -0.39 is 0 Å². The molecule has 88 valence electrons. The lowest BCUT2D eigenvalue weighted by molar-refractivity contribution is 0.101. The van der Waals surface area contributed by atoms with E-state index in [-0.39, 0.29) is 5.78 Å². The van der Waals surface area contributed by atoms with Gasteiger partial charge in [-0.3, -0.25) is 4.79 Å². The number of carbonyl (C=O) groups is 1. The Labute approximate surface area is 102 Å². The summed E-state index contributed by atoms with van der Waals surface area (Å²) >= 11 is 0. The van der Waals surface area contributed by atoms with E-state index in [9.17, 15) is 4.79 Å². The summed E-state index contributed by atoms with van der Waals surface area (Å²) < 4.78 is 0. The Bertz CT molecular complexity index is 621. The van der Waals surface area contributed by atoms with Gasteiger partial charge in [-0.2, -0.15) is 0 Å². The van der Waals surface area contributed by atoms with Gasteiger partial charge in [0.1, 0.15) is 0 Å². The van der Waals surface area contributed by atoms with E-state index in [1.807, 2.05) is 13.0 Å². The normalized spacial score (nSPS) is 10.9. The molecule has 17 heavy (non-hydrogen) atoms. The summed E-state index contributed by atoms with van der Waals surface area (Å²) in [5.74, 6) is 0.154. The summed E-state index contributed by atoms with van der Waals surface area (Å²) in [6.45, 7) is 10.0. The zero-order valence-corrected chi connectivity index (χ0v) is 11.1. The van der Waals surface area contributed by atoms with E-state index in [0.717, 1.165) is 16.5 Å². The lowest BCUT2D eigenvalue weighted by atomic mass is 9.88. The second kappa shape index (κ2) is 3.99. The van der Waals surface area contributed by atoms with Crippen molar-refractivity contribution in [1.29, 1.82) is 0 Å². The molecule has 0 saturated carbocycles. The molecule has 0 heterocycles. The first-order chi connectivity index (χ1) is 7.95. The number of Topliss-reactive ketones (excluding diaryl/α,β-unsaturated/α-hetero) is 1. The Morgan fingerprint density at radius 2 is 1.59 bits per heavy atom. The number of fused-ring (bicyclic) bond motifs is 1. The molecule has 0 spiro atoms. The molecule has 0 radical (unpaired) electrons. The lowest BCUT2D eigenvalue weighted by Crippen LogP contribution is -2.03. The van der Waals surface area contributed by atoms with Crippen LogP contribution in [0.25, 0.3) is 10.8 Å². The summed E-state index contributed by atoms with van der Waals surface area (Å²) in [7, 11) is 0. The van der Waals surface area contributed by atoms with Crippen LogP contribution in [0.5, 0.6) is 0 Å². The molecule has 0 amide bonds. The molecule has 0 aromatic heterocycles. The average molecular weight is 226 g/mol. The van der Waals surface area contributed by atoms with Crippen molar-refractivity contribution in [2.75, 3.05) is 0 Å². The topological polar surface area (TPSA) is 17.1 Å². The highest BCUT2D eigenvalue weighted by atomic mass is 16.1. The molecule has 2 rings (SSSR count). The number of hydrogen-bond acceptors (Lipinski definition) is 1. The standard InChI is InChI=1S/C16H18O/c1-9-7-6-8-14-15(9)11(3)10(2)12(4)16(14)13(5)17/h6-8H,1-5H3. The second-order valence-electron chi connectivity index (χ2n) is 4.80. The number of aryl methyl sites for hydroxylation is 2. The third-order valence-corrected chi connectivity index (χ3v) is 3.77. The quantitative estimate of drug-likeness (QED) is 0.663. The second-order valence-corrected chi connectivity index (χ2v) is 4.80. The largest absolute Gasteiger partial charge is 0.294 e. The van der Waals surface area contributed by atoms with Gasteiger partial charge in [-0.05, 0) is 67.6 Å². The molecule has 2 aromatic rings. The Balaban J connectivity index is 3.10. The van der Waals surface area contributed by atoms with Crippen LogP contribution in [-0.2, 0) is 0 Å². The molecule has 0 atom stereocenters. The molecule has 0 aliphatic heterocycles. The molecule has 0 aliphatic rings. The third kappa shape index (κ3) is 1.66. The van der Waals surface area contributed by atoms with Crippen LogP contribution in [0.3, 0.4) is 0 Å². The van der Waals surface area contributed by atoms with Crippen LogP contribution in [0.15, 0.2) is 18.2 Å². The predicted octanol–water partition coefficient (Wildman–Crippen LogP) is 4.28. The van der Waals surface area contributed by atoms with Crippen LogP contribution in [-0.4, -0.2) is 5.78 Å². The minimum absolute atomic E-state index is 0.154. The SMILES string of the molecule is CC(=O)c1c(C)c(C)c(C)c2c(C)cccc12. The monoisotopic (exact) mass is 226 g/mol. The highest BCUT2D eigenvalue weighted by Crippen LogP contribution is 2.31. The van der Waals surface area contributed by atoms with Gasteiger partial charge in [-0.15, -0.1) is 0 Å². The van der Waals surface area contributed by atoms with Gasteiger partial charge in [0.05, 0.1) is 0 Å². The fourth-order valence-corrected chi connectivity index (χ4v) is 2.69. The lowest BCUT2D eigenvalue weighted by Gasteiger charge is -2.16. The van der Waals surface area contributed by atoms with Gasteiger partial charge in [-0.25, -0.2) is 0 Å². The smallest absolute Gasteiger partial charge is 0.160 e. The van der Waals surface area contributed by atoms with Gasteiger partial charge < -0.3 is 0 Å². The van der Waals surface area contributed by atoms with Crippen molar-refractivity contribution in [2.45, 2.75) is 34.6 Å². The van der Waals surface area contributed by atoms with Gasteiger partial charge in [0.25, 0.3) is 0 Å². The molecule has 1 heteroatoms. The van der Waals surface area contributed by atoms with Gasteiger partial charge in [-0.1, -0.05) is 18.2 Å². The maximum absolute atomic E-state index is 11.9. The zero-order valence-electron chi connectivity index (χ0n) is 11.1. The van der Waals surface area contributed by atoms with Crippen molar-refractivity contribution in [3.63, 3.8) is 0 Å². The molecule has 2 aromatic carbocycles. The highest BCUT2D eigenvalue weighted by Gasteiger charge is 2.15. The summed E-state index contributed by atoms with van der Waals surface area (Å²) in [4.78, 5) is 11.9. The molecule has 0 unspecified atom stereocenters. The number of rotatable bonds is 1. The molecule has 1 nitrogen and oxygen atoms in total. The Kier molecular flexibility index (Phi) is 2.78. The van der Waals surface area contributed by atoms with Gasteiger partial charge in [0, 0.05) is 5.56 Å². The first-order valence-corrected chi connectivity index (χ1v) is 5.95. The van der Waals surface area contributed by atoms with Crippen molar-refractivity contribution < 1.29 is 4.79 Å². The maximum Gasteiger partial charge on any atom is 0.160 e. The van der Waals surface area contributed by atoms with Crippen molar-refractivity contribution in [3.05, 3.63) is 46.0 Å². The number of hydrogen-bond donors (Lipinski definition) is 0. The average Bonchev–Trinajstić information content (AvgIpc) is 2.25. The molecular formula is C16H18O. The van der Waals surface area contributed by atoms with Crippen molar-refractivity contribution in [2.24, 2.45) is 0 Å². The molecule has 0 aliphatic carbocycles. The van der Waals surface area contributed by atoms with E-state index >= 15 is 0 Å². The van der Waals surface area contributed by atoms with Crippen LogP contribution in [0.4, 0.5) is 0 Å². The van der Waals surface area contributed by atoms with Crippen LogP contribution in [0.2, 0.25) is 0 Å². The Hall–Kier alpha value is -1.63. The highest BCUT2D eigenvalue weighted by molar-refractivity contribution is 6.10. The molecule has 0 N–H and O–H groups in total.